The van der Waals surface area contributed by atoms with Crippen molar-refractivity contribution >= 4 is 17.6 Å². The molecule has 0 saturated carbocycles. The van der Waals surface area contributed by atoms with E-state index in [-0.39, 0.29) is 11.9 Å². The van der Waals surface area contributed by atoms with E-state index in [2.05, 4.69) is 23.5 Å². The molecule has 0 saturated heterocycles. The Kier molecular flexibility index (Phi) is 5.04. The zero-order chi connectivity index (χ0) is 22.1. The average Bonchev–Trinajstić information content (AvgIpc) is 3.17. The van der Waals surface area contributed by atoms with Crippen molar-refractivity contribution in [2.75, 3.05) is 5.32 Å². The second-order valence-corrected chi connectivity index (χ2v) is 7.86. The largest absolute Gasteiger partial charge is 0.427 e. The highest BCUT2D eigenvalue weighted by atomic mass is 16.5. The Hall–Kier alpha value is -4.18. The van der Waals surface area contributed by atoms with Gasteiger partial charge in [-0.25, -0.2) is 0 Å². The second-order valence-electron chi connectivity index (χ2n) is 7.86. The summed E-state index contributed by atoms with van der Waals surface area (Å²) >= 11 is 0. The lowest BCUT2D eigenvalue weighted by atomic mass is 10.0. The van der Waals surface area contributed by atoms with Gasteiger partial charge in [-0.1, -0.05) is 54.6 Å². The van der Waals surface area contributed by atoms with Gasteiger partial charge in [0.2, 0.25) is 0 Å². The van der Waals surface area contributed by atoms with Gasteiger partial charge in [-0.15, -0.1) is 0 Å². The summed E-state index contributed by atoms with van der Waals surface area (Å²) in [5.74, 6) is 0.0217. The maximum atomic E-state index is 12.9. The van der Waals surface area contributed by atoms with Gasteiger partial charge in [0.25, 0.3) is 5.91 Å². The summed E-state index contributed by atoms with van der Waals surface area (Å²) in [5.41, 5.74) is 8.23. The molecule has 0 spiro atoms. The molecule has 4 aromatic carbocycles. The number of esters is 1. The standard InChI is InChI=1S/C28H21NO3/c1-18(30)32-25-12-9-19(10-13-25)20-6-4-7-24(17-20)29-28(31)22-11-14-27-23(16-22)15-21-5-2-3-8-26(21)27/h2-14,16-17H,15H2,1H3,(H,29,31). The maximum Gasteiger partial charge on any atom is 0.308 e. The van der Waals surface area contributed by atoms with Crippen molar-refractivity contribution in [1.82, 2.24) is 0 Å². The van der Waals surface area contributed by atoms with E-state index in [0.717, 1.165) is 23.2 Å². The molecule has 1 amide bonds. The summed E-state index contributed by atoms with van der Waals surface area (Å²) in [6.07, 6.45) is 0.853. The Bertz CT molecular complexity index is 1340. The molecule has 1 N–H and O–H groups in total. The summed E-state index contributed by atoms with van der Waals surface area (Å²) < 4.78 is 5.09. The van der Waals surface area contributed by atoms with E-state index >= 15 is 0 Å². The zero-order valence-electron chi connectivity index (χ0n) is 17.6. The van der Waals surface area contributed by atoms with Gasteiger partial charge in [-0.05, 0) is 76.2 Å². The van der Waals surface area contributed by atoms with Crippen LogP contribution >= 0.6 is 0 Å². The smallest absolute Gasteiger partial charge is 0.308 e. The average molecular weight is 419 g/mol. The van der Waals surface area contributed by atoms with Crippen LogP contribution in [0.15, 0.2) is 91.0 Å². The second kappa shape index (κ2) is 8.16. The maximum absolute atomic E-state index is 12.9. The number of hydrogen-bond acceptors (Lipinski definition) is 3. The number of carbonyl (C=O) groups is 2. The number of ether oxygens (including phenoxy) is 1. The number of fused-ring (bicyclic) bond motifs is 3. The van der Waals surface area contributed by atoms with E-state index in [1.807, 2.05) is 60.7 Å². The van der Waals surface area contributed by atoms with Crippen LogP contribution in [0.25, 0.3) is 22.3 Å². The molecule has 0 aliphatic heterocycles. The fraction of sp³-hybridized carbons (Fsp3) is 0.0714. The summed E-state index contributed by atoms with van der Waals surface area (Å²) in [5, 5.41) is 3.01. The van der Waals surface area contributed by atoms with Gasteiger partial charge in [0, 0.05) is 18.2 Å². The first-order valence-corrected chi connectivity index (χ1v) is 10.5. The first kappa shape index (κ1) is 19.8. The Morgan fingerprint density at radius 3 is 2.34 bits per heavy atom. The molecule has 32 heavy (non-hydrogen) atoms. The Balaban J connectivity index is 1.33. The summed E-state index contributed by atoms with van der Waals surface area (Å²) in [4.78, 5) is 24.0. The van der Waals surface area contributed by atoms with Crippen molar-refractivity contribution in [3.05, 3.63) is 108 Å². The molecule has 0 atom stereocenters. The highest BCUT2D eigenvalue weighted by molar-refractivity contribution is 6.05. The minimum absolute atomic E-state index is 0.133. The van der Waals surface area contributed by atoms with Crippen molar-refractivity contribution in [2.24, 2.45) is 0 Å². The van der Waals surface area contributed by atoms with E-state index in [9.17, 15) is 9.59 Å². The number of hydrogen-bond donors (Lipinski definition) is 1. The lowest BCUT2D eigenvalue weighted by Gasteiger charge is -2.10. The molecule has 1 aliphatic carbocycles. The highest BCUT2D eigenvalue weighted by Gasteiger charge is 2.19. The van der Waals surface area contributed by atoms with Crippen molar-refractivity contribution < 1.29 is 14.3 Å². The summed E-state index contributed by atoms with van der Waals surface area (Å²) in [6.45, 7) is 1.37. The number of benzene rings is 4. The monoisotopic (exact) mass is 419 g/mol. The van der Waals surface area contributed by atoms with Crippen molar-refractivity contribution in [2.45, 2.75) is 13.3 Å². The van der Waals surface area contributed by atoms with Crippen LogP contribution in [0.3, 0.4) is 0 Å². The van der Waals surface area contributed by atoms with E-state index in [1.54, 1.807) is 12.1 Å². The van der Waals surface area contributed by atoms with E-state index in [4.69, 9.17) is 4.74 Å². The Labute approximate surface area is 186 Å². The van der Waals surface area contributed by atoms with Crippen LogP contribution in [0.1, 0.15) is 28.4 Å². The highest BCUT2D eigenvalue weighted by Crippen LogP contribution is 2.36. The minimum atomic E-state index is -0.349. The third-order valence-corrected chi connectivity index (χ3v) is 5.63. The molecule has 0 aromatic heterocycles. The van der Waals surface area contributed by atoms with Crippen molar-refractivity contribution in [3.8, 4) is 28.0 Å². The summed E-state index contributed by atoms with van der Waals surface area (Å²) in [7, 11) is 0. The Morgan fingerprint density at radius 1 is 0.750 bits per heavy atom. The first-order chi connectivity index (χ1) is 15.6. The molecule has 5 rings (SSSR count). The molecule has 0 unspecified atom stereocenters. The van der Waals surface area contributed by atoms with Crippen LogP contribution in [-0.2, 0) is 11.2 Å². The van der Waals surface area contributed by atoms with Gasteiger partial charge < -0.3 is 10.1 Å². The summed E-state index contributed by atoms with van der Waals surface area (Å²) in [6, 6.07) is 29.2. The van der Waals surface area contributed by atoms with Crippen LogP contribution in [0.2, 0.25) is 0 Å². The normalized spacial score (nSPS) is 11.4. The van der Waals surface area contributed by atoms with Crippen molar-refractivity contribution in [3.63, 3.8) is 0 Å². The van der Waals surface area contributed by atoms with Crippen LogP contribution in [0.4, 0.5) is 5.69 Å². The number of carbonyl (C=O) groups excluding carboxylic acids is 2. The number of nitrogens with one attached hydrogen (secondary N) is 1. The third-order valence-electron chi connectivity index (χ3n) is 5.63. The topological polar surface area (TPSA) is 55.4 Å². The lowest BCUT2D eigenvalue weighted by Crippen LogP contribution is -2.12. The first-order valence-electron chi connectivity index (χ1n) is 10.5. The number of anilines is 1. The van der Waals surface area contributed by atoms with Gasteiger partial charge in [0.1, 0.15) is 5.75 Å². The lowest BCUT2D eigenvalue weighted by molar-refractivity contribution is -0.131. The van der Waals surface area contributed by atoms with Gasteiger partial charge in [-0.3, -0.25) is 9.59 Å². The fourth-order valence-electron chi connectivity index (χ4n) is 4.15. The molecular formula is C28H21NO3. The van der Waals surface area contributed by atoms with Gasteiger partial charge >= 0.3 is 5.97 Å². The number of rotatable bonds is 4. The zero-order valence-corrected chi connectivity index (χ0v) is 17.6. The molecule has 0 heterocycles. The van der Waals surface area contributed by atoms with Crippen LogP contribution < -0.4 is 10.1 Å². The predicted octanol–water partition coefficient (Wildman–Crippen LogP) is 6.10. The van der Waals surface area contributed by atoms with Crippen LogP contribution in [0, 0.1) is 0 Å². The third kappa shape index (κ3) is 3.91. The SMILES string of the molecule is CC(=O)Oc1ccc(-c2cccc(NC(=O)c3ccc4c(c3)Cc3ccccc3-4)c2)cc1. The molecule has 4 nitrogen and oxygen atoms in total. The van der Waals surface area contributed by atoms with Crippen LogP contribution in [-0.4, -0.2) is 11.9 Å². The molecule has 4 heteroatoms. The van der Waals surface area contributed by atoms with Gasteiger partial charge in [0.15, 0.2) is 0 Å². The van der Waals surface area contributed by atoms with E-state index < -0.39 is 0 Å². The van der Waals surface area contributed by atoms with Gasteiger partial charge in [-0.2, -0.15) is 0 Å². The van der Waals surface area contributed by atoms with Crippen molar-refractivity contribution in [1.29, 1.82) is 0 Å². The molecular weight excluding hydrogens is 398 g/mol. The minimum Gasteiger partial charge on any atom is -0.427 e. The molecule has 0 fully saturated rings. The Morgan fingerprint density at radius 2 is 1.53 bits per heavy atom. The predicted molar refractivity (Wildman–Crippen MR) is 126 cm³/mol. The fourth-order valence-corrected chi connectivity index (χ4v) is 4.15. The van der Waals surface area contributed by atoms with Gasteiger partial charge in [0.05, 0.1) is 0 Å². The molecule has 1 aliphatic rings. The molecule has 0 radical (unpaired) electrons. The quantitative estimate of drug-likeness (QED) is 0.283. The van der Waals surface area contributed by atoms with E-state index in [1.165, 1.54) is 29.2 Å². The molecule has 4 aromatic rings. The van der Waals surface area contributed by atoms with E-state index in [0.29, 0.717) is 11.3 Å². The van der Waals surface area contributed by atoms with Crippen LogP contribution in [0.5, 0.6) is 5.75 Å². The molecule has 156 valence electrons. The molecule has 0 bridgehead atoms. The number of amides is 1.